The van der Waals surface area contributed by atoms with Gasteiger partial charge in [0.1, 0.15) is 0 Å². The number of rotatable bonds is 3. The largest absolute Gasteiger partial charge is 0.320 e. The summed E-state index contributed by atoms with van der Waals surface area (Å²) >= 11 is 9.43. The Hall–Kier alpha value is -0.830. The Bertz CT molecular complexity index is 563. The molecule has 2 N–H and O–H groups in total. The molecule has 0 heterocycles. The predicted octanol–water partition coefficient (Wildman–Crippen LogP) is 5.27. The van der Waals surface area contributed by atoms with Crippen molar-refractivity contribution in [1.29, 1.82) is 0 Å². The van der Waals surface area contributed by atoms with Gasteiger partial charge in [-0.15, -0.1) is 0 Å². The first-order chi connectivity index (χ1) is 8.99. The molecule has 1 atom stereocenters. The molecule has 2 aromatic rings. The molecule has 2 rings (SSSR count). The second-order valence-electron chi connectivity index (χ2n) is 4.97. The van der Waals surface area contributed by atoms with Crippen molar-refractivity contribution in [3.63, 3.8) is 0 Å². The van der Waals surface area contributed by atoms with Crippen LogP contribution in [0.25, 0.3) is 0 Å². The van der Waals surface area contributed by atoms with Crippen molar-refractivity contribution in [3.8, 4) is 0 Å². The average molecular weight is 339 g/mol. The first-order valence-electron chi connectivity index (χ1n) is 6.29. The van der Waals surface area contributed by atoms with E-state index in [1.54, 1.807) is 0 Å². The molecule has 0 aliphatic heterocycles. The molecule has 0 aliphatic rings. The van der Waals surface area contributed by atoms with Crippen molar-refractivity contribution in [2.45, 2.75) is 25.8 Å². The molecule has 0 aliphatic carbocycles. The lowest BCUT2D eigenvalue weighted by molar-refractivity contribution is 0.847. The number of halogens is 2. The topological polar surface area (TPSA) is 26.0 Å². The smallest absolute Gasteiger partial charge is 0.0552 e. The number of nitrogens with two attached hydrogens (primary N) is 1. The van der Waals surface area contributed by atoms with Gasteiger partial charge in [0, 0.05) is 4.47 Å². The van der Waals surface area contributed by atoms with Gasteiger partial charge in [-0.3, -0.25) is 0 Å². The summed E-state index contributed by atoms with van der Waals surface area (Å²) in [6.07, 6.45) is 0. The van der Waals surface area contributed by atoms with Crippen molar-refractivity contribution < 1.29 is 0 Å². The molecular weight excluding hydrogens is 322 g/mol. The average Bonchev–Trinajstić information content (AvgIpc) is 2.41. The van der Waals surface area contributed by atoms with Crippen molar-refractivity contribution in [2.24, 2.45) is 5.73 Å². The number of benzene rings is 2. The highest BCUT2D eigenvalue weighted by molar-refractivity contribution is 9.10. The van der Waals surface area contributed by atoms with Gasteiger partial charge in [-0.25, -0.2) is 0 Å². The summed E-state index contributed by atoms with van der Waals surface area (Å²) < 4.78 is 0.876. The zero-order chi connectivity index (χ0) is 14.0. The quantitative estimate of drug-likeness (QED) is 0.810. The molecule has 2 aromatic carbocycles. The molecule has 0 amide bonds. The fraction of sp³-hybridized carbons (Fsp3) is 0.250. The Morgan fingerprint density at radius 1 is 0.947 bits per heavy atom. The van der Waals surface area contributed by atoms with Crippen LogP contribution in [0.1, 0.15) is 42.5 Å². The SMILES string of the molecule is CC(C)c1ccc(C(N)c2ccc(Cl)c(Br)c2)cc1. The van der Waals surface area contributed by atoms with Crippen LogP contribution in [-0.2, 0) is 0 Å². The first-order valence-corrected chi connectivity index (χ1v) is 7.46. The van der Waals surface area contributed by atoms with E-state index in [0.717, 1.165) is 15.6 Å². The van der Waals surface area contributed by atoms with Crippen LogP contribution in [0, 0.1) is 0 Å². The van der Waals surface area contributed by atoms with Gasteiger partial charge >= 0.3 is 0 Å². The van der Waals surface area contributed by atoms with Gasteiger partial charge in [-0.2, -0.15) is 0 Å². The zero-order valence-electron chi connectivity index (χ0n) is 11.0. The Morgan fingerprint density at radius 3 is 2.00 bits per heavy atom. The molecular formula is C16H17BrClN. The van der Waals surface area contributed by atoms with Crippen LogP contribution in [0.2, 0.25) is 5.02 Å². The van der Waals surface area contributed by atoms with E-state index in [9.17, 15) is 0 Å². The summed E-state index contributed by atoms with van der Waals surface area (Å²) in [6.45, 7) is 4.37. The molecule has 0 fully saturated rings. The van der Waals surface area contributed by atoms with Crippen molar-refractivity contribution in [3.05, 3.63) is 68.7 Å². The maximum absolute atomic E-state index is 6.30. The van der Waals surface area contributed by atoms with Gasteiger partial charge < -0.3 is 5.73 Å². The third-order valence-corrected chi connectivity index (χ3v) is 4.48. The van der Waals surface area contributed by atoms with E-state index in [1.165, 1.54) is 5.56 Å². The third kappa shape index (κ3) is 3.38. The molecule has 3 heteroatoms. The summed E-state index contributed by atoms with van der Waals surface area (Å²) in [5, 5.41) is 0.700. The minimum absolute atomic E-state index is 0.130. The molecule has 1 nitrogen and oxygen atoms in total. The van der Waals surface area contributed by atoms with Crippen LogP contribution in [0.15, 0.2) is 46.9 Å². The molecule has 100 valence electrons. The monoisotopic (exact) mass is 337 g/mol. The van der Waals surface area contributed by atoms with Gasteiger partial charge in [0.25, 0.3) is 0 Å². The van der Waals surface area contributed by atoms with Crippen molar-refractivity contribution in [2.75, 3.05) is 0 Å². The maximum atomic E-state index is 6.30. The van der Waals surface area contributed by atoms with Crippen molar-refractivity contribution in [1.82, 2.24) is 0 Å². The summed E-state index contributed by atoms with van der Waals surface area (Å²) in [5.41, 5.74) is 9.78. The minimum Gasteiger partial charge on any atom is -0.320 e. The van der Waals surface area contributed by atoms with E-state index in [4.69, 9.17) is 17.3 Å². The maximum Gasteiger partial charge on any atom is 0.0552 e. The fourth-order valence-electron chi connectivity index (χ4n) is 1.99. The van der Waals surface area contributed by atoms with Crippen LogP contribution in [0.5, 0.6) is 0 Å². The van der Waals surface area contributed by atoms with Gasteiger partial charge in [0.05, 0.1) is 11.1 Å². The molecule has 19 heavy (non-hydrogen) atoms. The highest BCUT2D eigenvalue weighted by atomic mass is 79.9. The lowest BCUT2D eigenvalue weighted by atomic mass is 9.96. The second-order valence-corrected chi connectivity index (χ2v) is 6.23. The minimum atomic E-state index is -0.130. The molecule has 0 aromatic heterocycles. The Balaban J connectivity index is 2.27. The molecule has 0 bridgehead atoms. The molecule has 0 radical (unpaired) electrons. The molecule has 0 saturated carbocycles. The van der Waals surface area contributed by atoms with E-state index >= 15 is 0 Å². The van der Waals surface area contributed by atoms with Crippen LogP contribution >= 0.6 is 27.5 Å². The summed E-state index contributed by atoms with van der Waals surface area (Å²) in [6, 6.07) is 14.2. The third-order valence-electron chi connectivity index (χ3n) is 3.27. The highest BCUT2D eigenvalue weighted by Crippen LogP contribution is 2.28. The van der Waals surface area contributed by atoms with E-state index in [1.807, 2.05) is 18.2 Å². The second kappa shape index (κ2) is 6.08. The van der Waals surface area contributed by atoms with Gasteiger partial charge in [-0.05, 0) is 50.7 Å². The molecule has 1 unspecified atom stereocenters. The van der Waals surface area contributed by atoms with E-state index in [2.05, 4.69) is 54.0 Å². The lowest BCUT2D eigenvalue weighted by Crippen LogP contribution is -2.11. The summed E-state index contributed by atoms with van der Waals surface area (Å²) in [4.78, 5) is 0. The number of hydrogen-bond donors (Lipinski definition) is 1. The predicted molar refractivity (Wildman–Crippen MR) is 85.7 cm³/mol. The van der Waals surface area contributed by atoms with Crippen LogP contribution in [0.3, 0.4) is 0 Å². The van der Waals surface area contributed by atoms with Crippen molar-refractivity contribution >= 4 is 27.5 Å². The zero-order valence-corrected chi connectivity index (χ0v) is 13.4. The first kappa shape index (κ1) is 14.6. The number of hydrogen-bond acceptors (Lipinski definition) is 1. The lowest BCUT2D eigenvalue weighted by Gasteiger charge is -2.15. The van der Waals surface area contributed by atoms with Gasteiger partial charge in [0.2, 0.25) is 0 Å². The Morgan fingerprint density at radius 2 is 1.47 bits per heavy atom. The van der Waals surface area contributed by atoms with Crippen LogP contribution < -0.4 is 5.73 Å². The summed E-state index contributed by atoms with van der Waals surface area (Å²) in [7, 11) is 0. The van der Waals surface area contributed by atoms with Crippen LogP contribution in [0.4, 0.5) is 0 Å². The van der Waals surface area contributed by atoms with E-state index < -0.39 is 0 Å². The van der Waals surface area contributed by atoms with Gasteiger partial charge in [0.15, 0.2) is 0 Å². The Labute approximate surface area is 127 Å². The highest BCUT2D eigenvalue weighted by Gasteiger charge is 2.10. The van der Waals surface area contributed by atoms with Crippen LogP contribution in [-0.4, -0.2) is 0 Å². The van der Waals surface area contributed by atoms with E-state index in [0.29, 0.717) is 10.9 Å². The normalized spacial score (nSPS) is 12.7. The van der Waals surface area contributed by atoms with Gasteiger partial charge in [-0.1, -0.05) is 55.8 Å². The fourth-order valence-corrected chi connectivity index (χ4v) is 2.50. The van der Waals surface area contributed by atoms with E-state index in [-0.39, 0.29) is 6.04 Å². The molecule has 0 saturated heterocycles. The Kier molecular flexibility index (Phi) is 4.67. The summed E-state index contributed by atoms with van der Waals surface area (Å²) in [5.74, 6) is 0.537. The molecule has 0 spiro atoms. The standard InChI is InChI=1S/C16H17BrClN/c1-10(2)11-3-5-12(6-4-11)16(19)13-7-8-15(18)14(17)9-13/h3-10,16H,19H2,1-2H3.